The Kier molecular flexibility index (Phi) is 15.3. The second-order valence-corrected chi connectivity index (χ2v) is 10.9. The minimum atomic E-state index is -1.21. The van der Waals surface area contributed by atoms with E-state index in [4.69, 9.17) is 5.11 Å². The lowest BCUT2D eigenvalue weighted by molar-refractivity contribution is -0.149. The van der Waals surface area contributed by atoms with Crippen LogP contribution in [0.25, 0.3) is 10.9 Å². The van der Waals surface area contributed by atoms with Crippen LogP contribution < -0.4 is 0 Å². The SMILES string of the molecule is CC(C)CCCC(C)CCCC(C)CCCC(C)[C@H](O)C(=O)O.O=CCc1c[nH]c2ccccc12. The Balaban J connectivity index is 0.000000420. The number of aliphatic hydroxyl groups excluding tert-OH is 1. The average Bonchev–Trinajstić information content (AvgIpc) is 3.22. The molecule has 198 valence electrons. The highest BCUT2D eigenvalue weighted by Crippen LogP contribution is 2.23. The first-order valence-electron chi connectivity index (χ1n) is 13.5. The molecular weight excluding hydrogens is 438 g/mol. The molecule has 0 aliphatic carbocycles. The van der Waals surface area contributed by atoms with Crippen molar-refractivity contribution in [2.45, 2.75) is 105 Å². The quantitative estimate of drug-likeness (QED) is 0.215. The van der Waals surface area contributed by atoms with E-state index < -0.39 is 12.1 Å². The minimum Gasteiger partial charge on any atom is -0.479 e. The Labute approximate surface area is 212 Å². The lowest BCUT2D eigenvalue weighted by Crippen LogP contribution is -2.27. The van der Waals surface area contributed by atoms with Crippen molar-refractivity contribution in [2.24, 2.45) is 23.7 Å². The molecule has 5 heteroatoms. The van der Waals surface area contributed by atoms with Crippen LogP contribution in [0.2, 0.25) is 0 Å². The lowest BCUT2D eigenvalue weighted by atomic mass is 9.90. The molecule has 0 saturated carbocycles. The zero-order valence-electron chi connectivity index (χ0n) is 22.6. The van der Waals surface area contributed by atoms with Gasteiger partial charge in [0, 0.05) is 23.5 Å². The summed E-state index contributed by atoms with van der Waals surface area (Å²) in [4.78, 5) is 24.1. The van der Waals surface area contributed by atoms with Crippen molar-refractivity contribution < 1.29 is 19.8 Å². The molecule has 0 aliphatic heterocycles. The molecular formula is C30H49NO4. The van der Waals surface area contributed by atoms with Gasteiger partial charge in [0.15, 0.2) is 6.10 Å². The third-order valence-electron chi connectivity index (χ3n) is 7.00. The number of aldehydes is 1. The maximum atomic E-state index is 10.7. The van der Waals surface area contributed by atoms with Gasteiger partial charge in [-0.15, -0.1) is 0 Å². The predicted octanol–water partition coefficient (Wildman–Crippen LogP) is 7.42. The third-order valence-corrected chi connectivity index (χ3v) is 7.00. The van der Waals surface area contributed by atoms with Crippen molar-refractivity contribution in [2.75, 3.05) is 0 Å². The number of rotatable bonds is 16. The van der Waals surface area contributed by atoms with Gasteiger partial charge in [-0.25, -0.2) is 4.79 Å². The molecule has 2 rings (SSSR count). The van der Waals surface area contributed by atoms with Gasteiger partial charge in [0.25, 0.3) is 0 Å². The molecule has 5 nitrogen and oxygen atoms in total. The van der Waals surface area contributed by atoms with Gasteiger partial charge in [0.1, 0.15) is 6.29 Å². The van der Waals surface area contributed by atoms with Crippen LogP contribution in [-0.2, 0) is 16.0 Å². The number of para-hydroxylation sites is 1. The molecule has 2 aromatic rings. The molecule has 0 aliphatic rings. The number of aromatic amines is 1. The number of carbonyl (C=O) groups is 2. The molecule has 0 bridgehead atoms. The van der Waals surface area contributed by atoms with Crippen molar-refractivity contribution in [3.63, 3.8) is 0 Å². The molecule has 3 N–H and O–H groups in total. The summed E-state index contributed by atoms with van der Waals surface area (Å²) in [6.07, 6.45) is 13.0. The molecule has 1 aromatic carbocycles. The average molecular weight is 488 g/mol. The Morgan fingerprint density at radius 3 is 1.97 bits per heavy atom. The fraction of sp³-hybridized carbons (Fsp3) is 0.667. The van der Waals surface area contributed by atoms with E-state index in [1.54, 1.807) is 0 Å². The molecule has 35 heavy (non-hydrogen) atoms. The highest BCUT2D eigenvalue weighted by atomic mass is 16.4. The number of carboxylic acids is 1. The predicted molar refractivity (Wildman–Crippen MR) is 146 cm³/mol. The van der Waals surface area contributed by atoms with Crippen LogP contribution in [-0.4, -0.2) is 33.6 Å². The number of H-pyrrole nitrogens is 1. The van der Waals surface area contributed by atoms with Gasteiger partial charge < -0.3 is 20.0 Å². The van der Waals surface area contributed by atoms with Crippen molar-refractivity contribution in [3.8, 4) is 0 Å². The number of hydrogen-bond donors (Lipinski definition) is 3. The van der Waals surface area contributed by atoms with Gasteiger partial charge in [-0.05, 0) is 41.7 Å². The van der Waals surface area contributed by atoms with Crippen molar-refractivity contribution in [1.29, 1.82) is 0 Å². The number of benzene rings is 1. The van der Waals surface area contributed by atoms with Gasteiger partial charge in [-0.2, -0.15) is 0 Å². The van der Waals surface area contributed by atoms with Crippen LogP contribution in [0, 0.1) is 23.7 Å². The number of nitrogens with one attached hydrogen (secondary N) is 1. The number of carboxylic acid groups (broad SMARTS) is 1. The number of fused-ring (bicyclic) bond motifs is 1. The second-order valence-electron chi connectivity index (χ2n) is 10.9. The highest BCUT2D eigenvalue weighted by molar-refractivity contribution is 5.84. The molecule has 0 amide bonds. The van der Waals surface area contributed by atoms with Gasteiger partial charge in [0.05, 0.1) is 0 Å². The summed E-state index contributed by atoms with van der Waals surface area (Å²) >= 11 is 0. The molecule has 1 heterocycles. The summed E-state index contributed by atoms with van der Waals surface area (Å²) in [6.45, 7) is 11.1. The van der Waals surface area contributed by atoms with Crippen LogP contribution in [0.4, 0.5) is 0 Å². The molecule has 0 saturated heterocycles. The zero-order chi connectivity index (χ0) is 26.2. The third kappa shape index (κ3) is 12.9. The number of aromatic nitrogens is 1. The Morgan fingerprint density at radius 1 is 0.886 bits per heavy atom. The molecule has 0 fully saturated rings. The zero-order valence-corrected chi connectivity index (χ0v) is 22.6. The highest BCUT2D eigenvalue weighted by Gasteiger charge is 2.21. The maximum absolute atomic E-state index is 10.7. The van der Waals surface area contributed by atoms with Crippen LogP contribution in [0.5, 0.6) is 0 Å². The molecule has 1 aromatic heterocycles. The number of aliphatic carboxylic acids is 1. The largest absolute Gasteiger partial charge is 0.479 e. The minimum absolute atomic E-state index is 0.152. The number of aliphatic hydroxyl groups is 1. The normalized spacial score (nSPS) is 14.7. The van der Waals surface area contributed by atoms with E-state index in [1.807, 2.05) is 37.4 Å². The van der Waals surface area contributed by atoms with Crippen LogP contribution in [0.15, 0.2) is 30.5 Å². The Hall–Kier alpha value is -2.14. The molecule has 3 unspecified atom stereocenters. The van der Waals surface area contributed by atoms with E-state index in [9.17, 15) is 14.7 Å². The molecule has 0 spiro atoms. The second kappa shape index (κ2) is 17.3. The van der Waals surface area contributed by atoms with E-state index >= 15 is 0 Å². The summed E-state index contributed by atoms with van der Waals surface area (Å²) < 4.78 is 0. The van der Waals surface area contributed by atoms with Crippen molar-refractivity contribution in [3.05, 3.63) is 36.0 Å². The number of carbonyl (C=O) groups excluding carboxylic acids is 1. The molecule has 4 atom stereocenters. The first kappa shape index (κ1) is 30.9. The summed E-state index contributed by atoms with van der Waals surface area (Å²) in [5, 5.41) is 19.4. The lowest BCUT2D eigenvalue weighted by Gasteiger charge is -2.17. The van der Waals surface area contributed by atoms with Crippen molar-refractivity contribution >= 4 is 23.2 Å². The first-order valence-corrected chi connectivity index (χ1v) is 13.5. The van der Waals surface area contributed by atoms with Crippen molar-refractivity contribution in [1.82, 2.24) is 4.98 Å². The Bertz CT molecular complexity index is 844. The fourth-order valence-electron chi connectivity index (χ4n) is 4.56. The smallest absolute Gasteiger partial charge is 0.332 e. The van der Waals surface area contributed by atoms with Crippen LogP contribution in [0.3, 0.4) is 0 Å². The summed E-state index contributed by atoms with van der Waals surface area (Å²) in [5.74, 6) is 1.11. The Morgan fingerprint density at radius 2 is 1.43 bits per heavy atom. The van der Waals surface area contributed by atoms with E-state index in [0.29, 0.717) is 12.3 Å². The van der Waals surface area contributed by atoms with Gasteiger partial charge in [0.2, 0.25) is 0 Å². The summed E-state index contributed by atoms with van der Waals surface area (Å²) in [5.41, 5.74) is 2.16. The van der Waals surface area contributed by atoms with E-state index in [-0.39, 0.29) is 5.92 Å². The van der Waals surface area contributed by atoms with E-state index in [2.05, 4.69) is 32.7 Å². The molecule has 0 radical (unpaired) electrons. The topological polar surface area (TPSA) is 90.4 Å². The van der Waals surface area contributed by atoms with Gasteiger partial charge in [-0.3, -0.25) is 0 Å². The van der Waals surface area contributed by atoms with E-state index in [1.165, 1.54) is 38.5 Å². The first-order chi connectivity index (χ1) is 16.6. The van der Waals surface area contributed by atoms with Crippen LogP contribution in [0.1, 0.15) is 98.0 Å². The van der Waals surface area contributed by atoms with Crippen LogP contribution >= 0.6 is 0 Å². The van der Waals surface area contributed by atoms with E-state index in [0.717, 1.165) is 53.9 Å². The fourth-order valence-corrected chi connectivity index (χ4v) is 4.56. The van der Waals surface area contributed by atoms with Gasteiger partial charge >= 0.3 is 5.97 Å². The number of hydrogen-bond acceptors (Lipinski definition) is 3. The monoisotopic (exact) mass is 487 g/mol. The maximum Gasteiger partial charge on any atom is 0.332 e. The van der Waals surface area contributed by atoms with Gasteiger partial charge in [-0.1, -0.05) is 104 Å². The summed E-state index contributed by atoms with van der Waals surface area (Å²) in [7, 11) is 0. The summed E-state index contributed by atoms with van der Waals surface area (Å²) in [6, 6.07) is 7.97. The standard InChI is InChI=1S/C20H40O3.C10H9NO/c1-15(2)9-6-10-16(3)11-7-12-17(4)13-8-14-18(5)19(21)20(22)23;12-6-5-8-7-11-10-4-2-1-3-9(8)10/h15-19,21H,6-14H2,1-5H3,(H,22,23);1-4,6-7,11H,5H2/t16?,17?,18?,19-;/m0./s1.